The number of rotatable bonds is 4. The Bertz CT molecular complexity index is 765. The summed E-state index contributed by atoms with van der Waals surface area (Å²) in [7, 11) is 0. The first-order valence-electron chi connectivity index (χ1n) is 7.01. The Kier molecular flexibility index (Phi) is 4.52. The molecule has 0 radical (unpaired) electrons. The fraction of sp³-hybridized carbons (Fsp3) is 0. The van der Waals surface area contributed by atoms with Crippen molar-refractivity contribution in [2.24, 2.45) is 4.99 Å². The molecule has 108 valence electrons. The second-order valence-corrected chi connectivity index (χ2v) is 5.29. The number of hydrogen-bond acceptors (Lipinski definition) is 2. The minimum absolute atomic E-state index is 0.714. The quantitative estimate of drug-likeness (QED) is 0.602. The molecule has 3 aromatic carbocycles. The zero-order valence-electron chi connectivity index (χ0n) is 11.9. The molecule has 0 aliphatic rings. The van der Waals surface area contributed by atoms with Crippen LogP contribution in [-0.4, -0.2) is 6.21 Å². The van der Waals surface area contributed by atoms with Gasteiger partial charge >= 0.3 is 0 Å². The molecule has 0 fully saturated rings. The maximum Gasteiger partial charge on any atom is 0.0631 e. The molecule has 0 heterocycles. The highest BCUT2D eigenvalue weighted by molar-refractivity contribution is 6.30. The molecule has 0 aromatic heterocycles. The molecule has 0 amide bonds. The lowest BCUT2D eigenvalue weighted by Crippen LogP contribution is -1.88. The second kappa shape index (κ2) is 6.92. The van der Waals surface area contributed by atoms with E-state index in [0.29, 0.717) is 5.02 Å². The number of aliphatic imine (C=N–C) groups is 1. The SMILES string of the molecule is Clc1cccc(C=Nc2ccc(Nc3ccccc3)cc2)c1. The van der Waals surface area contributed by atoms with Crippen LogP contribution in [0.4, 0.5) is 17.1 Å². The first-order chi connectivity index (χ1) is 10.8. The van der Waals surface area contributed by atoms with Gasteiger partial charge in [-0.2, -0.15) is 0 Å². The number of anilines is 2. The predicted molar refractivity (Wildman–Crippen MR) is 94.9 cm³/mol. The van der Waals surface area contributed by atoms with Gasteiger partial charge < -0.3 is 5.32 Å². The molecule has 3 rings (SSSR count). The van der Waals surface area contributed by atoms with Crippen LogP contribution in [-0.2, 0) is 0 Å². The van der Waals surface area contributed by atoms with Gasteiger partial charge in [-0.15, -0.1) is 0 Å². The molecular formula is C19H15ClN2. The molecule has 0 saturated carbocycles. The van der Waals surface area contributed by atoms with E-state index >= 15 is 0 Å². The number of nitrogens with zero attached hydrogens (tertiary/aromatic N) is 1. The fourth-order valence-electron chi connectivity index (χ4n) is 2.05. The van der Waals surface area contributed by atoms with Gasteiger partial charge in [0.15, 0.2) is 0 Å². The molecule has 3 aromatic rings. The van der Waals surface area contributed by atoms with Crippen LogP contribution in [0.3, 0.4) is 0 Å². The van der Waals surface area contributed by atoms with Gasteiger partial charge in [-0.1, -0.05) is 41.9 Å². The zero-order valence-corrected chi connectivity index (χ0v) is 12.7. The van der Waals surface area contributed by atoms with Gasteiger partial charge in [-0.25, -0.2) is 0 Å². The van der Waals surface area contributed by atoms with E-state index < -0.39 is 0 Å². The van der Waals surface area contributed by atoms with Gasteiger partial charge in [0, 0.05) is 22.6 Å². The number of nitrogens with one attached hydrogen (secondary N) is 1. The van der Waals surface area contributed by atoms with Crippen LogP contribution in [0.15, 0.2) is 83.9 Å². The van der Waals surface area contributed by atoms with E-state index in [9.17, 15) is 0 Å². The van der Waals surface area contributed by atoms with Crippen LogP contribution >= 0.6 is 11.6 Å². The first-order valence-corrected chi connectivity index (χ1v) is 7.39. The van der Waals surface area contributed by atoms with Gasteiger partial charge in [0.1, 0.15) is 0 Å². The summed E-state index contributed by atoms with van der Waals surface area (Å²) in [4.78, 5) is 4.45. The Morgan fingerprint density at radius 3 is 2.23 bits per heavy atom. The molecule has 22 heavy (non-hydrogen) atoms. The Morgan fingerprint density at radius 2 is 1.50 bits per heavy atom. The summed E-state index contributed by atoms with van der Waals surface area (Å²) in [6, 6.07) is 25.7. The monoisotopic (exact) mass is 306 g/mol. The third kappa shape index (κ3) is 3.96. The fourth-order valence-corrected chi connectivity index (χ4v) is 2.25. The summed E-state index contributed by atoms with van der Waals surface area (Å²) in [6.45, 7) is 0. The number of halogens is 1. The summed E-state index contributed by atoms with van der Waals surface area (Å²) in [5.41, 5.74) is 3.99. The smallest absolute Gasteiger partial charge is 0.0631 e. The number of benzene rings is 3. The Hall–Kier alpha value is -2.58. The first kappa shape index (κ1) is 14.4. The Labute approximate surface area is 135 Å². The minimum atomic E-state index is 0.714. The molecule has 0 bridgehead atoms. The maximum absolute atomic E-state index is 5.95. The van der Waals surface area contributed by atoms with Crippen molar-refractivity contribution in [3.63, 3.8) is 0 Å². The summed E-state index contributed by atoms with van der Waals surface area (Å²) in [5.74, 6) is 0. The van der Waals surface area contributed by atoms with Crippen molar-refractivity contribution in [3.05, 3.63) is 89.4 Å². The number of hydrogen-bond donors (Lipinski definition) is 1. The topological polar surface area (TPSA) is 24.4 Å². The van der Waals surface area contributed by atoms with Gasteiger partial charge in [0.2, 0.25) is 0 Å². The van der Waals surface area contributed by atoms with Crippen LogP contribution < -0.4 is 5.32 Å². The van der Waals surface area contributed by atoms with E-state index in [0.717, 1.165) is 22.6 Å². The van der Waals surface area contributed by atoms with Gasteiger partial charge in [-0.05, 0) is 54.1 Å². The molecule has 0 aliphatic heterocycles. The average Bonchev–Trinajstić information content (AvgIpc) is 2.55. The van der Waals surface area contributed by atoms with E-state index in [2.05, 4.69) is 10.3 Å². The lowest BCUT2D eigenvalue weighted by molar-refractivity contribution is 1.50. The van der Waals surface area contributed by atoms with Crippen LogP contribution in [0, 0.1) is 0 Å². The Morgan fingerprint density at radius 1 is 0.773 bits per heavy atom. The molecule has 0 unspecified atom stereocenters. The third-order valence-electron chi connectivity index (χ3n) is 3.14. The molecule has 0 spiro atoms. The van der Waals surface area contributed by atoms with Gasteiger partial charge in [0.25, 0.3) is 0 Å². The van der Waals surface area contributed by atoms with Crippen molar-refractivity contribution >= 4 is 34.9 Å². The van der Waals surface area contributed by atoms with Crippen molar-refractivity contribution in [2.45, 2.75) is 0 Å². The summed E-state index contributed by atoms with van der Waals surface area (Å²) >= 11 is 5.95. The van der Waals surface area contributed by atoms with E-state index in [1.807, 2.05) is 85.1 Å². The van der Waals surface area contributed by atoms with Crippen molar-refractivity contribution in [1.29, 1.82) is 0 Å². The lowest BCUT2D eigenvalue weighted by atomic mass is 10.2. The van der Waals surface area contributed by atoms with Crippen LogP contribution in [0.5, 0.6) is 0 Å². The largest absolute Gasteiger partial charge is 0.356 e. The Balaban J connectivity index is 1.69. The summed E-state index contributed by atoms with van der Waals surface area (Å²) in [5, 5.41) is 4.06. The normalized spacial score (nSPS) is 10.8. The van der Waals surface area contributed by atoms with Crippen molar-refractivity contribution in [1.82, 2.24) is 0 Å². The molecule has 2 nitrogen and oxygen atoms in total. The van der Waals surface area contributed by atoms with E-state index in [-0.39, 0.29) is 0 Å². The van der Waals surface area contributed by atoms with E-state index in [1.54, 1.807) is 0 Å². The minimum Gasteiger partial charge on any atom is -0.356 e. The molecule has 0 aliphatic carbocycles. The lowest BCUT2D eigenvalue weighted by Gasteiger charge is -2.06. The third-order valence-corrected chi connectivity index (χ3v) is 3.38. The maximum atomic E-state index is 5.95. The number of para-hydroxylation sites is 1. The predicted octanol–water partition coefficient (Wildman–Crippen LogP) is 5.83. The molecule has 3 heteroatoms. The standard InChI is InChI=1S/C19H15ClN2/c20-16-6-4-5-15(13-16)14-21-17-9-11-19(12-10-17)22-18-7-2-1-3-8-18/h1-14,22H. The summed E-state index contributed by atoms with van der Waals surface area (Å²) < 4.78 is 0. The second-order valence-electron chi connectivity index (χ2n) is 4.85. The van der Waals surface area contributed by atoms with Gasteiger partial charge in [0.05, 0.1) is 5.69 Å². The molecular weight excluding hydrogens is 292 g/mol. The molecule has 0 atom stereocenters. The highest BCUT2D eigenvalue weighted by atomic mass is 35.5. The molecule has 1 N–H and O–H groups in total. The average molecular weight is 307 g/mol. The highest BCUT2D eigenvalue weighted by Crippen LogP contribution is 2.20. The van der Waals surface area contributed by atoms with Crippen molar-refractivity contribution in [2.75, 3.05) is 5.32 Å². The van der Waals surface area contributed by atoms with Crippen molar-refractivity contribution < 1.29 is 0 Å². The highest BCUT2D eigenvalue weighted by Gasteiger charge is 1.95. The van der Waals surface area contributed by atoms with Crippen LogP contribution in [0.1, 0.15) is 5.56 Å². The van der Waals surface area contributed by atoms with Crippen molar-refractivity contribution in [3.8, 4) is 0 Å². The van der Waals surface area contributed by atoms with Crippen LogP contribution in [0.2, 0.25) is 5.02 Å². The van der Waals surface area contributed by atoms with Gasteiger partial charge in [-0.3, -0.25) is 4.99 Å². The molecule has 0 saturated heterocycles. The van der Waals surface area contributed by atoms with E-state index in [1.165, 1.54) is 0 Å². The van der Waals surface area contributed by atoms with Crippen LogP contribution in [0.25, 0.3) is 0 Å². The zero-order chi connectivity index (χ0) is 15.2. The summed E-state index contributed by atoms with van der Waals surface area (Å²) in [6.07, 6.45) is 1.81. The van der Waals surface area contributed by atoms with E-state index in [4.69, 9.17) is 11.6 Å².